The monoisotopic (exact) mass is 225 g/mol. The second-order valence-corrected chi connectivity index (χ2v) is 3.86. The lowest BCUT2D eigenvalue weighted by molar-refractivity contribution is -0.386. The van der Waals surface area contributed by atoms with Gasteiger partial charge in [0, 0.05) is 6.07 Å². The number of ether oxygens (including phenoxy) is 1. The van der Waals surface area contributed by atoms with Gasteiger partial charge in [0.25, 0.3) is 0 Å². The molecule has 0 spiro atoms. The summed E-state index contributed by atoms with van der Waals surface area (Å²) in [5.41, 5.74) is -1.06. The zero-order valence-electron chi connectivity index (χ0n) is 9.34. The average Bonchev–Trinajstić information content (AvgIpc) is 2.27. The Bertz CT molecular complexity index is 376. The summed E-state index contributed by atoms with van der Waals surface area (Å²) in [6.45, 7) is 3.49. The zero-order chi connectivity index (χ0) is 12.2. The fourth-order valence-corrected chi connectivity index (χ4v) is 1.07. The van der Waals surface area contributed by atoms with E-state index in [1.54, 1.807) is 19.1 Å². The van der Waals surface area contributed by atoms with Crippen LogP contribution in [0.1, 0.15) is 20.3 Å². The molecule has 0 radical (unpaired) electrons. The van der Waals surface area contributed by atoms with Crippen LogP contribution < -0.4 is 4.74 Å². The third kappa shape index (κ3) is 3.20. The fraction of sp³-hybridized carbons (Fsp3) is 0.455. The standard InChI is InChI=1S/C11H15NO4/c1-3-11(2,13)8-16-10-7-5-4-6-9(10)12(14)15/h4-7,13H,3,8H2,1-2H3. The van der Waals surface area contributed by atoms with E-state index in [0.29, 0.717) is 6.42 Å². The molecule has 0 fully saturated rings. The molecular formula is C11H15NO4. The first kappa shape index (κ1) is 12.4. The summed E-state index contributed by atoms with van der Waals surface area (Å²) in [5.74, 6) is 0.182. The van der Waals surface area contributed by atoms with Crippen LogP contribution >= 0.6 is 0 Å². The van der Waals surface area contributed by atoms with Gasteiger partial charge in [0.15, 0.2) is 5.75 Å². The number of para-hydroxylation sites is 2. The third-order valence-corrected chi connectivity index (χ3v) is 2.36. The molecule has 1 N–H and O–H groups in total. The summed E-state index contributed by atoms with van der Waals surface area (Å²) in [4.78, 5) is 10.2. The first-order chi connectivity index (χ1) is 7.46. The van der Waals surface area contributed by atoms with Gasteiger partial charge in [0.2, 0.25) is 0 Å². The number of hydrogen-bond acceptors (Lipinski definition) is 4. The predicted octanol–water partition coefficient (Wildman–Crippen LogP) is 2.13. The minimum atomic E-state index is -0.969. The van der Waals surface area contributed by atoms with Crippen molar-refractivity contribution in [3.8, 4) is 5.75 Å². The summed E-state index contributed by atoms with van der Waals surface area (Å²) in [6, 6.07) is 6.12. The van der Waals surface area contributed by atoms with Gasteiger partial charge in [-0.1, -0.05) is 19.1 Å². The maximum absolute atomic E-state index is 10.7. The predicted molar refractivity (Wildman–Crippen MR) is 59.5 cm³/mol. The van der Waals surface area contributed by atoms with Gasteiger partial charge < -0.3 is 9.84 Å². The van der Waals surface area contributed by atoms with Crippen molar-refractivity contribution in [1.82, 2.24) is 0 Å². The van der Waals surface area contributed by atoms with Gasteiger partial charge in [-0.25, -0.2) is 0 Å². The topological polar surface area (TPSA) is 72.6 Å². The molecule has 1 aromatic rings. The second kappa shape index (κ2) is 4.94. The summed E-state index contributed by atoms with van der Waals surface area (Å²) in [5, 5.41) is 20.4. The van der Waals surface area contributed by atoms with Crippen LogP contribution in [0.2, 0.25) is 0 Å². The molecule has 0 aromatic heterocycles. The van der Waals surface area contributed by atoms with E-state index in [9.17, 15) is 15.2 Å². The Kier molecular flexibility index (Phi) is 3.84. The van der Waals surface area contributed by atoms with E-state index < -0.39 is 10.5 Å². The van der Waals surface area contributed by atoms with Gasteiger partial charge in [0.05, 0.1) is 10.5 Å². The van der Waals surface area contributed by atoms with Crippen molar-refractivity contribution < 1.29 is 14.8 Å². The molecule has 1 rings (SSSR count). The normalized spacial score (nSPS) is 14.2. The molecule has 0 aliphatic carbocycles. The Hall–Kier alpha value is -1.62. The SMILES string of the molecule is CCC(C)(O)COc1ccccc1[N+](=O)[O-]. The van der Waals surface area contributed by atoms with Crippen molar-refractivity contribution in [2.24, 2.45) is 0 Å². The Morgan fingerprint density at radius 3 is 2.69 bits per heavy atom. The molecule has 0 amide bonds. The molecular weight excluding hydrogens is 210 g/mol. The minimum Gasteiger partial charge on any atom is -0.484 e. The third-order valence-electron chi connectivity index (χ3n) is 2.36. The number of hydrogen-bond donors (Lipinski definition) is 1. The van der Waals surface area contributed by atoms with Crippen LogP contribution in [0, 0.1) is 10.1 Å². The van der Waals surface area contributed by atoms with Crippen molar-refractivity contribution in [3.05, 3.63) is 34.4 Å². The van der Waals surface area contributed by atoms with Crippen LogP contribution in [0.15, 0.2) is 24.3 Å². The molecule has 0 bridgehead atoms. The number of rotatable bonds is 5. The molecule has 0 heterocycles. The minimum absolute atomic E-state index is 0.0361. The molecule has 0 saturated heterocycles. The van der Waals surface area contributed by atoms with E-state index in [2.05, 4.69) is 0 Å². The van der Waals surface area contributed by atoms with Crippen molar-refractivity contribution >= 4 is 5.69 Å². The molecule has 5 nitrogen and oxygen atoms in total. The lowest BCUT2D eigenvalue weighted by Crippen LogP contribution is -2.31. The zero-order valence-corrected chi connectivity index (χ0v) is 9.34. The summed E-state index contributed by atoms with van der Waals surface area (Å²) in [7, 11) is 0. The molecule has 1 unspecified atom stereocenters. The fourth-order valence-electron chi connectivity index (χ4n) is 1.07. The van der Waals surface area contributed by atoms with Crippen LogP contribution in [0.25, 0.3) is 0 Å². The molecule has 88 valence electrons. The van der Waals surface area contributed by atoms with Gasteiger partial charge in [-0.05, 0) is 19.4 Å². The smallest absolute Gasteiger partial charge is 0.310 e. The van der Waals surface area contributed by atoms with E-state index >= 15 is 0 Å². The van der Waals surface area contributed by atoms with Crippen LogP contribution in [-0.4, -0.2) is 22.2 Å². The van der Waals surface area contributed by atoms with E-state index in [0.717, 1.165) is 0 Å². The molecule has 1 atom stereocenters. The van der Waals surface area contributed by atoms with Gasteiger partial charge in [0.1, 0.15) is 6.61 Å². The Balaban J connectivity index is 2.78. The number of aliphatic hydroxyl groups is 1. The van der Waals surface area contributed by atoms with Crippen molar-refractivity contribution in [2.45, 2.75) is 25.9 Å². The van der Waals surface area contributed by atoms with E-state index in [4.69, 9.17) is 4.74 Å². The van der Waals surface area contributed by atoms with E-state index in [1.807, 2.05) is 6.92 Å². The Labute approximate surface area is 93.8 Å². The van der Waals surface area contributed by atoms with Gasteiger partial charge in [-0.3, -0.25) is 10.1 Å². The quantitative estimate of drug-likeness (QED) is 0.615. The van der Waals surface area contributed by atoms with Crippen LogP contribution in [0.3, 0.4) is 0 Å². The van der Waals surface area contributed by atoms with Gasteiger partial charge in [-0.2, -0.15) is 0 Å². The first-order valence-electron chi connectivity index (χ1n) is 5.05. The van der Waals surface area contributed by atoms with Crippen LogP contribution in [0.5, 0.6) is 5.75 Å². The average molecular weight is 225 g/mol. The second-order valence-electron chi connectivity index (χ2n) is 3.86. The first-order valence-corrected chi connectivity index (χ1v) is 5.05. The Morgan fingerprint density at radius 1 is 1.50 bits per heavy atom. The summed E-state index contributed by atoms with van der Waals surface area (Å²) < 4.78 is 5.26. The number of nitrogens with zero attached hydrogens (tertiary/aromatic N) is 1. The maximum Gasteiger partial charge on any atom is 0.310 e. The molecule has 5 heteroatoms. The largest absolute Gasteiger partial charge is 0.484 e. The van der Waals surface area contributed by atoms with E-state index in [-0.39, 0.29) is 18.0 Å². The highest BCUT2D eigenvalue weighted by Crippen LogP contribution is 2.26. The van der Waals surface area contributed by atoms with Crippen molar-refractivity contribution in [2.75, 3.05) is 6.61 Å². The van der Waals surface area contributed by atoms with E-state index in [1.165, 1.54) is 12.1 Å². The molecule has 1 aromatic carbocycles. The van der Waals surface area contributed by atoms with Crippen molar-refractivity contribution in [3.63, 3.8) is 0 Å². The number of benzene rings is 1. The van der Waals surface area contributed by atoms with Crippen LogP contribution in [-0.2, 0) is 0 Å². The summed E-state index contributed by atoms with van der Waals surface area (Å²) >= 11 is 0. The molecule has 0 aliphatic heterocycles. The highest BCUT2D eigenvalue weighted by Gasteiger charge is 2.21. The number of nitro groups is 1. The van der Waals surface area contributed by atoms with Crippen molar-refractivity contribution in [1.29, 1.82) is 0 Å². The Morgan fingerprint density at radius 2 is 2.12 bits per heavy atom. The molecule has 16 heavy (non-hydrogen) atoms. The number of nitro benzene ring substituents is 1. The van der Waals surface area contributed by atoms with Crippen LogP contribution in [0.4, 0.5) is 5.69 Å². The molecule has 0 saturated carbocycles. The highest BCUT2D eigenvalue weighted by molar-refractivity contribution is 5.45. The summed E-state index contributed by atoms with van der Waals surface area (Å²) in [6.07, 6.45) is 0.521. The van der Waals surface area contributed by atoms with Gasteiger partial charge >= 0.3 is 5.69 Å². The molecule has 0 aliphatic rings. The highest BCUT2D eigenvalue weighted by atomic mass is 16.6. The lowest BCUT2D eigenvalue weighted by atomic mass is 10.1. The van der Waals surface area contributed by atoms with Gasteiger partial charge in [-0.15, -0.1) is 0 Å². The maximum atomic E-state index is 10.7. The lowest BCUT2D eigenvalue weighted by Gasteiger charge is -2.21.